The maximum Gasteiger partial charge on any atom is 0.232 e. The van der Waals surface area contributed by atoms with Crippen molar-refractivity contribution in [2.24, 2.45) is 0 Å². The van der Waals surface area contributed by atoms with Crippen molar-refractivity contribution in [1.82, 2.24) is 15.0 Å². The quantitative estimate of drug-likeness (QED) is 0.731. The van der Waals surface area contributed by atoms with Crippen LogP contribution < -0.4 is 11.1 Å². The Morgan fingerprint density at radius 2 is 1.70 bits per heavy atom. The van der Waals surface area contributed by atoms with E-state index in [1.54, 1.807) is 18.2 Å². The first-order valence-corrected chi connectivity index (χ1v) is 7.57. The summed E-state index contributed by atoms with van der Waals surface area (Å²) in [6.07, 6.45) is 0. The van der Waals surface area contributed by atoms with Gasteiger partial charge >= 0.3 is 0 Å². The molecule has 3 N–H and O–H groups in total. The number of nitrogens with one attached hydrogen (secondary N) is 1. The maximum atomic E-state index is 6.19. The molecule has 0 saturated heterocycles. The third-order valence-electron chi connectivity index (χ3n) is 3.13. The van der Waals surface area contributed by atoms with Crippen LogP contribution in [0.2, 0.25) is 10.0 Å². The summed E-state index contributed by atoms with van der Waals surface area (Å²) in [6, 6.07) is 12.9. The molecule has 0 aliphatic carbocycles. The molecule has 0 unspecified atom stereocenters. The van der Waals surface area contributed by atoms with Crippen molar-refractivity contribution in [1.29, 1.82) is 0 Å². The average molecular weight is 346 g/mol. The Hall–Kier alpha value is -2.37. The molecule has 23 heavy (non-hydrogen) atoms. The van der Waals surface area contributed by atoms with E-state index in [-0.39, 0.29) is 5.95 Å². The zero-order chi connectivity index (χ0) is 16.4. The monoisotopic (exact) mass is 345 g/mol. The van der Waals surface area contributed by atoms with Crippen molar-refractivity contribution in [3.05, 3.63) is 58.1 Å². The summed E-state index contributed by atoms with van der Waals surface area (Å²) in [4.78, 5) is 12.6. The van der Waals surface area contributed by atoms with Crippen molar-refractivity contribution in [3.63, 3.8) is 0 Å². The minimum Gasteiger partial charge on any atom is -0.368 e. The van der Waals surface area contributed by atoms with E-state index >= 15 is 0 Å². The van der Waals surface area contributed by atoms with E-state index in [4.69, 9.17) is 28.9 Å². The second kappa shape index (κ2) is 6.40. The van der Waals surface area contributed by atoms with Gasteiger partial charge in [-0.1, -0.05) is 40.9 Å². The van der Waals surface area contributed by atoms with Gasteiger partial charge in [0, 0.05) is 16.3 Å². The summed E-state index contributed by atoms with van der Waals surface area (Å²) in [5.74, 6) is 0.799. The number of nitrogens with zero attached hydrogens (tertiary/aromatic N) is 3. The lowest BCUT2D eigenvalue weighted by Gasteiger charge is -2.09. The highest BCUT2D eigenvalue weighted by Gasteiger charge is 2.11. The molecule has 0 aliphatic rings. The van der Waals surface area contributed by atoms with Crippen LogP contribution in [0.3, 0.4) is 0 Å². The first-order valence-electron chi connectivity index (χ1n) is 6.82. The van der Waals surface area contributed by atoms with Gasteiger partial charge in [-0.25, -0.2) is 0 Å². The van der Waals surface area contributed by atoms with E-state index in [9.17, 15) is 0 Å². The van der Waals surface area contributed by atoms with Crippen LogP contribution >= 0.6 is 23.2 Å². The Bertz CT molecular complexity index is 850. The number of benzene rings is 2. The summed E-state index contributed by atoms with van der Waals surface area (Å²) in [5, 5.41) is 4.12. The molecule has 0 spiro atoms. The van der Waals surface area contributed by atoms with E-state index in [1.807, 2.05) is 31.2 Å². The number of hydrogen-bond acceptors (Lipinski definition) is 5. The normalized spacial score (nSPS) is 10.6. The van der Waals surface area contributed by atoms with Gasteiger partial charge in [-0.3, -0.25) is 0 Å². The summed E-state index contributed by atoms with van der Waals surface area (Å²) < 4.78 is 0. The fourth-order valence-corrected chi connectivity index (χ4v) is 2.38. The molecule has 0 radical (unpaired) electrons. The van der Waals surface area contributed by atoms with Crippen LogP contribution in [-0.4, -0.2) is 15.0 Å². The lowest BCUT2D eigenvalue weighted by molar-refractivity contribution is 1.08. The van der Waals surface area contributed by atoms with Crippen molar-refractivity contribution in [2.45, 2.75) is 6.92 Å². The maximum absolute atomic E-state index is 6.19. The topological polar surface area (TPSA) is 76.7 Å². The minimum atomic E-state index is 0.0978. The van der Waals surface area contributed by atoms with Crippen molar-refractivity contribution in [2.75, 3.05) is 11.1 Å². The Labute approximate surface area is 143 Å². The fraction of sp³-hybridized carbons (Fsp3) is 0.0625. The zero-order valence-corrected chi connectivity index (χ0v) is 13.7. The lowest BCUT2D eigenvalue weighted by atomic mass is 10.2. The highest BCUT2D eigenvalue weighted by molar-refractivity contribution is 6.35. The van der Waals surface area contributed by atoms with Gasteiger partial charge in [-0.05, 0) is 37.3 Å². The summed E-state index contributed by atoms with van der Waals surface area (Å²) in [5.41, 5.74) is 8.40. The standard InChI is InChI=1S/C16H13Cl2N5/c1-9-2-5-11(6-3-9)20-16-22-14(21-15(19)23-16)12-8-10(17)4-7-13(12)18/h2-8H,1H3,(H3,19,20,21,22,23). The van der Waals surface area contributed by atoms with Gasteiger partial charge in [0.05, 0.1) is 5.02 Å². The Balaban J connectivity index is 1.99. The van der Waals surface area contributed by atoms with Crippen molar-refractivity contribution >= 4 is 40.8 Å². The zero-order valence-electron chi connectivity index (χ0n) is 12.2. The number of anilines is 3. The van der Waals surface area contributed by atoms with E-state index in [0.29, 0.717) is 27.4 Å². The molecule has 1 heterocycles. The number of rotatable bonds is 3. The Kier molecular flexibility index (Phi) is 4.32. The predicted octanol–water partition coefficient (Wildman–Crippen LogP) is 4.48. The molecule has 0 fully saturated rings. The van der Waals surface area contributed by atoms with E-state index in [1.165, 1.54) is 0 Å². The van der Waals surface area contributed by atoms with Gasteiger partial charge in [-0.2, -0.15) is 15.0 Å². The Morgan fingerprint density at radius 3 is 2.43 bits per heavy atom. The molecule has 2 aromatic carbocycles. The molecular weight excluding hydrogens is 333 g/mol. The fourth-order valence-electron chi connectivity index (χ4n) is 2.00. The van der Waals surface area contributed by atoms with Crippen LogP contribution in [0.15, 0.2) is 42.5 Å². The molecule has 0 amide bonds. The third kappa shape index (κ3) is 3.70. The number of nitrogens with two attached hydrogens (primary N) is 1. The Morgan fingerprint density at radius 1 is 0.957 bits per heavy atom. The number of nitrogen functional groups attached to an aromatic ring is 1. The smallest absolute Gasteiger partial charge is 0.232 e. The second-order valence-corrected chi connectivity index (χ2v) is 5.80. The number of hydrogen-bond donors (Lipinski definition) is 2. The largest absolute Gasteiger partial charge is 0.368 e. The molecule has 0 bridgehead atoms. The van der Waals surface area contributed by atoms with Crippen molar-refractivity contribution < 1.29 is 0 Å². The van der Waals surface area contributed by atoms with Crippen LogP contribution in [0.4, 0.5) is 17.6 Å². The third-order valence-corrected chi connectivity index (χ3v) is 3.69. The minimum absolute atomic E-state index is 0.0978. The van der Waals surface area contributed by atoms with E-state index in [0.717, 1.165) is 11.3 Å². The molecule has 0 aliphatic heterocycles. The SMILES string of the molecule is Cc1ccc(Nc2nc(N)nc(-c3cc(Cl)ccc3Cl)n2)cc1. The summed E-state index contributed by atoms with van der Waals surface area (Å²) in [7, 11) is 0. The molecule has 3 aromatic rings. The summed E-state index contributed by atoms with van der Waals surface area (Å²) in [6.45, 7) is 2.02. The molecular formula is C16H13Cl2N5. The molecule has 3 rings (SSSR count). The van der Waals surface area contributed by atoms with Crippen LogP contribution in [0.5, 0.6) is 0 Å². The first kappa shape index (κ1) is 15.5. The summed E-state index contributed by atoms with van der Waals surface area (Å²) >= 11 is 12.2. The van der Waals surface area contributed by atoms with Gasteiger partial charge in [0.15, 0.2) is 5.82 Å². The predicted molar refractivity (Wildman–Crippen MR) is 94.2 cm³/mol. The van der Waals surface area contributed by atoms with E-state index in [2.05, 4.69) is 20.3 Å². The number of aromatic nitrogens is 3. The average Bonchev–Trinajstić information content (AvgIpc) is 2.51. The van der Waals surface area contributed by atoms with Gasteiger partial charge in [0.2, 0.25) is 11.9 Å². The second-order valence-electron chi connectivity index (χ2n) is 4.96. The van der Waals surface area contributed by atoms with Gasteiger partial charge in [-0.15, -0.1) is 0 Å². The highest BCUT2D eigenvalue weighted by Crippen LogP contribution is 2.29. The molecule has 0 atom stereocenters. The van der Waals surface area contributed by atoms with Crippen molar-refractivity contribution in [3.8, 4) is 11.4 Å². The molecule has 116 valence electrons. The van der Waals surface area contributed by atoms with Crippen LogP contribution in [0, 0.1) is 6.92 Å². The molecule has 5 nitrogen and oxygen atoms in total. The molecule has 7 heteroatoms. The highest BCUT2D eigenvalue weighted by atomic mass is 35.5. The van der Waals surface area contributed by atoms with Crippen LogP contribution in [0.25, 0.3) is 11.4 Å². The molecule has 1 aromatic heterocycles. The lowest BCUT2D eigenvalue weighted by Crippen LogP contribution is -2.05. The first-order chi connectivity index (χ1) is 11.0. The number of aryl methyl sites for hydroxylation is 1. The van der Waals surface area contributed by atoms with Crippen LogP contribution in [0.1, 0.15) is 5.56 Å². The van der Waals surface area contributed by atoms with Gasteiger partial charge in [0.25, 0.3) is 0 Å². The number of halogens is 2. The molecule has 0 saturated carbocycles. The van der Waals surface area contributed by atoms with Gasteiger partial charge < -0.3 is 11.1 Å². The van der Waals surface area contributed by atoms with E-state index < -0.39 is 0 Å². The van der Waals surface area contributed by atoms with Gasteiger partial charge in [0.1, 0.15) is 0 Å². The van der Waals surface area contributed by atoms with Crippen LogP contribution in [-0.2, 0) is 0 Å².